The Balaban J connectivity index is 2.11. The molecule has 2 rings (SSSR count). The maximum atomic E-state index is 12.8. The second-order valence-electron chi connectivity index (χ2n) is 8.20. The predicted octanol–water partition coefficient (Wildman–Crippen LogP) is 2.95. The van der Waals surface area contributed by atoms with Gasteiger partial charge in [-0.25, -0.2) is 12.7 Å². The van der Waals surface area contributed by atoms with E-state index in [4.69, 9.17) is 0 Å². The van der Waals surface area contributed by atoms with E-state index in [1.54, 1.807) is 0 Å². The van der Waals surface area contributed by atoms with Gasteiger partial charge in [0.25, 0.3) is 0 Å². The van der Waals surface area contributed by atoms with Crippen LogP contribution in [0.15, 0.2) is 30.3 Å². The van der Waals surface area contributed by atoms with E-state index >= 15 is 0 Å². The first kappa shape index (κ1) is 19.9. The summed E-state index contributed by atoms with van der Waals surface area (Å²) in [6.45, 7) is 7.25. The minimum Gasteiger partial charge on any atom is -0.349 e. The average Bonchev–Trinajstić information content (AvgIpc) is 2.53. The molecule has 1 N–H and O–H groups in total. The number of carbonyl (C=O) groups excluding carboxylic acids is 1. The van der Waals surface area contributed by atoms with Gasteiger partial charge in [0.05, 0.1) is 18.2 Å². The molecule has 1 saturated heterocycles. The van der Waals surface area contributed by atoms with Crippen LogP contribution in [-0.2, 0) is 14.8 Å². The summed E-state index contributed by atoms with van der Waals surface area (Å²) in [6, 6.07) is 9.90. The molecule has 0 aromatic heterocycles. The van der Waals surface area contributed by atoms with Gasteiger partial charge < -0.3 is 5.32 Å². The van der Waals surface area contributed by atoms with Crippen molar-refractivity contribution in [1.82, 2.24) is 9.62 Å². The molecule has 0 radical (unpaired) electrons. The van der Waals surface area contributed by atoms with E-state index in [0.29, 0.717) is 6.54 Å². The monoisotopic (exact) mass is 366 g/mol. The highest BCUT2D eigenvalue weighted by Crippen LogP contribution is 2.30. The summed E-state index contributed by atoms with van der Waals surface area (Å²) in [5, 5.41) is 3.17. The highest BCUT2D eigenvalue weighted by atomic mass is 32.2. The molecular formula is C19H30N2O3S. The second kappa shape index (κ2) is 7.87. The van der Waals surface area contributed by atoms with Crippen LogP contribution in [0.3, 0.4) is 0 Å². The van der Waals surface area contributed by atoms with E-state index in [2.05, 4.69) is 26.1 Å². The molecule has 25 heavy (non-hydrogen) atoms. The van der Waals surface area contributed by atoms with Gasteiger partial charge in [0.1, 0.15) is 0 Å². The molecule has 0 bridgehead atoms. The van der Waals surface area contributed by atoms with Gasteiger partial charge in [0.15, 0.2) is 0 Å². The van der Waals surface area contributed by atoms with E-state index in [-0.39, 0.29) is 29.8 Å². The van der Waals surface area contributed by atoms with Gasteiger partial charge in [0.2, 0.25) is 15.9 Å². The van der Waals surface area contributed by atoms with Crippen molar-refractivity contribution in [3.05, 3.63) is 35.9 Å². The number of nitrogens with one attached hydrogen (secondary N) is 1. The lowest BCUT2D eigenvalue weighted by atomic mass is 9.85. The molecule has 2 atom stereocenters. The number of hydrogen-bond acceptors (Lipinski definition) is 3. The molecule has 0 unspecified atom stereocenters. The standard InChI is InChI=1S/C19H30N2O3S/c1-19(2,3)13-17(15-9-6-5-7-10-15)20-18(22)16-11-8-12-21(14-16)25(4,23)24/h5-7,9-10,16-17H,8,11-14H2,1-4H3,(H,20,22)/t16-,17-/m0/s1. The maximum Gasteiger partial charge on any atom is 0.224 e. The van der Waals surface area contributed by atoms with Crippen LogP contribution >= 0.6 is 0 Å². The summed E-state index contributed by atoms with van der Waals surface area (Å²) in [4.78, 5) is 12.8. The largest absolute Gasteiger partial charge is 0.349 e. The molecule has 1 aromatic rings. The average molecular weight is 367 g/mol. The first-order chi connectivity index (χ1) is 11.6. The lowest BCUT2D eigenvalue weighted by Gasteiger charge is -2.33. The van der Waals surface area contributed by atoms with Crippen LogP contribution in [0.4, 0.5) is 0 Å². The van der Waals surface area contributed by atoms with Gasteiger partial charge >= 0.3 is 0 Å². The summed E-state index contributed by atoms with van der Waals surface area (Å²) in [6.07, 6.45) is 3.49. The molecule has 1 amide bonds. The third-order valence-corrected chi connectivity index (χ3v) is 5.83. The van der Waals surface area contributed by atoms with Gasteiger partial charge in [-0.05, 0) is 30.2 Å². The lowest BCUT2D eigenvalue weighted by molar-refractivity contribution is -0.127. The topological polar surface area (TPSA) is 66.5 Å². The van der Waals surface area contributed by atoms with Gasteiger partial charge in [-0.1, -0.05) is 51.1 Å². The summed E-state index contributed by atoms with van der Waals surface area (Å²) in [5.41, 5.74) is 1.15. The predicted molar refractivity (Wildman–Crippen MR) is 101 cm³/mol. The van der Waals surface area contributed by atoms with Crippen molar-refractivity contribution in [2.75, 3.05) is 19.3 Å². The summed E-state index contributed by atoms with van der Waals surface area (Å²) >= 11 is 0. The van der Waals surface area contributed by atoms with Crippen LogP contribution in [0.25, 0.3) is 0 Å². The first-order valence-electron chi connectivity index (χ1n) is 8.87. The quantitative estimate of drug-likeness (QED) is 0.871. The minimum absolute atomic E-state index is 0.0496. The van der Waals surface area contributed by atoms with Crippen molar-refractivity contribution in [2.45, 2.75) is 46.1 Å². The number of amides is 1. The Morgan fingerprint density at radius 3 is 2.48 bits per heavy atom. The molecule has 0 aliphatic carbocycles. The zero-order valence-corrected chi connectivity index (χ0v) is 16.5. The van der Waals surface area contributed by atoms with Crippen LogP contribution in [-0.4, -0.2) is 38.0 Å². The zero-order valence-electron chi connectivity index (χ0n) is 15.7. The summed E-state index contributed by atoms with van der Waals surface area (Å²) in [7, 11) is -3.25. The van der Waals surface area contributed by atoms with E-state index in [9.17, 15) is 13.2 Å². The van der Waals surface area contributed by atoms with Gasteiger partial charge in [-0.3, -0.25) is 4.79 Å². The highest BCUT2D eigenvalue weighted by molar-refractivity contribution is 7.88. The molecule has 1 aliphatic heterocycles. The number of hydrogen-bond donors (Lipinski definition) is 1. The molecule has 1 heterocycles. The Labute approximate surface area is 151 Å². The van der Waals surface area contributed by atoms with Gasteiger partial charge in [0, 0.05) is 13.1 Å². The van der Waals surface area contributed by atoms with Crippen molar-refractivity contribution in [2.24, 2.45) is 11.3 Å². The molecule has 0 spiro atoms. The van der Waals surface area contributed by atoms with Crippen molar-refractivity contribution < 1.29 is 13.2 Å². The Hall–Kier alpha value is -1.40. The fourth-order valence-electron chi connectivity index (χ4n) is 3.30. The summed E-state index contributed by atoms with van der Waals surface area (Å²) in [5.74, 6) is -0.332. The van der Waals surface area contributed by atoms with E-state index in [1.807, 2.05) is 30.3 Å². The molecule has 0 saturated carbocycles. The Morgan fingerprint density at radius 1 is 1.28 bits per heavy atom. The first-order valence-corrected chi connectivity index (χ1v) is 10.7. The lowest BCUT2D eigenvalue weighted by Crippen LogP contribution is -2.46. The van der Waals surface area contributed by atoms with Crippen molar-refractivity contribution >= 4 is 15.9 Å². The molecule has 1 fully saturated rings. The van der Waals surface area contributed by atoms with Crippen LogP contribution < -0.4 is 5.32 Å². The van der Waals surface area contributed by atoms with Crippen molar-refractivity contribution in [3.63, 3.8) is 0 Å². The van der Waals surface area contributed by atoms with E-state index < -0.39 is 10.0 Å². The molecule has 6 heteroatoms. The number of rotatable bonds is 5. The zero-order chi connectivity index (χ0) is 18.7. The molecule has 1 aliphatic rings. The van der Waals surface area contributed by atoms with Gasteiger partial charge in [-0.2, -0.15) is 0 Å². The summed E-state index contributed by atoms with van der Waals surface area (Å²) < 4.78 is 25.0. The molecular weight excluding hydrogens is 336 g/mol. The minimum atomic E-state index is -3.25. The molecule has 140 valence electrons. The smallest absolute Gasteiger partial charge is 0.224 e. The number of nitrogens with zero attached hydrogens (tertiary/aromatic N) is 1. The Kier molecular flexibility index (Phi) is 6.27. The fourth-order valence-corrected chi connectivity index (χ4v) is 4.21. The van der Waals surface area contributed by atoms with Crippen molar-refractivity contribution in [1.29, 1.82) is 0 Å². The Morgan fingerprint density at radius 2 is 1.92 bits per heavy atom. The molecule has 1 aromatic carbocycles. The third-order valence-electron chi connectivity index (χ3n) is 4.56. The van der Waals surface area contributed by atoms with E-state index in [1.165, 1.54) is 10.6 Å². The van der Waals surface area contributed by atoms with Gasteiger partial charge in [-0.15, -0.1) is 0 Å². The van der Waals surface area contributed by atoms with Crippen molar-refractivity contribution in [3.8, 4) is 0 Å². The van der Waals surface area contributed by atoms with Crippen LogP contribution in [0.1, 0.15) is 51.6 Å². The maximum absolute atomic E-state index is 12.8. The normalized spacial score (nSPS) is 20.9. The SMILES string of the molecule is CC(C)(C)C[C@H](NC(=O)[C@H]1CCCN(S(C)(=O)=O)C1)c1ccccc1. The number of sulfonamides is 1. The van der Waals surface area contributed by atoms with Crippen LogP contribution in [0.2, 0.25) is 0 Å². The number of piperidine rings is 1. The second-order valence-corrected chi connectivity index (χ2v) is 10.2. The number of benzene rings is 1. The highest BCUT2D eigenvalue weighted by Gasteiger charge is 2.32. The fraction of sp³-hybridized carbons (Fsp3) is 0.632. The molecule has 5 nitrogen and oxygen atoms in total. The Bertz CT molecular complexity index is 680. The third kappa shape index (κ3) is 6.12. The number of carbonyl (C=O) groups is 1. The van der Waals surface area contributed by atoms with Crippen LogP contribution in [0, 0.1) is 11.3 Å². The van der Waals surface area contributed by atoms with E-state index in [0.717, 1.165) is 24.8 Å². The van der Waals surface area contributed by atoms with Crippen LogP contribution in [0.5, 0.6) is 0 Å².